The van der Waals surface area contributed by atoms with Crippen LogP contribution >= 0.6 is 0 Å². The molecule has 1 fully saturated rings. The lowest BCUT2D eigenvalue weighted by Gasteiger charge is -2.45. The van der Waals surface area contributed by atoms with Gasteiger partial charge in [0, 0.05) is 5.41 Å². The first-order valence-electron chi connectivity index (χ1n) is 8.85. The van der Waals surface area contributed by atoms with Crippen molar-refractivity contribution >= 4 is 0 Å². The standard InChI is InChI=1S/C23H30/c1-15(2)17-8-9-19(12-17)23(7)11-10-22(5,6)20-13-18(16(3)4)14-21(20)23/h8-9,12-14H,10-11H2,1-7H3. The summed E-state index contributed by atoms with van der Waals surface area (Å²) in [6.07, 6.45) is 14.4. The van der Waals surface area contributed by atoms with Gasteiger partial charge in [0.05, 0.1) is 0 Å². The van der Waals surface area contributed by atoms with Crippen molar-refractivity contribution in [2.24, 2.45) is 10.8 Å². The highest BCUT2D eigenvalue weighted by atomic mass is 14.5. The molecule has 23 heavy (non-hydrogen) atoms. The average Bonchev–Trinajstić information content (AvgIpc) is 3.11. The van der Waals surface area contributed by atoms with Gasteiger partial charge >= 0.3 is 0 Å². The van der Waals surface area contributed by atoms with E-state index in [4.69, 9.17) is 0 Å². The molecule has 3 rings (SSSR count). The lowest BCUT2D eigenvalue weighted by molar-refractivity contribution is 0.279. The van der Waals surface area contributed by atoms with Crippen LogP contribution in [0.4, 0.5) is 0 Å². The largest absolute Gasteiger partial charge is 0.0692 e. The second-order valence-electron chi connectivity index (χ2n) is 8.68. The average molecular weight is 306 g/mol. The minimum atomic E-state index is 0.145. The van der Waals surface area contributed by atoms with Crippen molar-refractivity contribution in [1.82, 2.24) is 0 Å². The van der Waals surface area contributed by atoms with E-state index in [9.17, 15) is 0 Å². The summed E-state index contributed by atoms with van der Waals surface area (Å²) < 4.78 is 0. The third kappa shape index (κ3) is 2.53. The summed E-state index contributed by atoms with van der Waals surface area (Å²) in [6, 6.07) is 0. The maximum absolute atomic E-state index is 2.46. The van der Waals surface area contributed by atoms with E-state index < -0.39 is 0 Å². The van der Waals surface area contributed by atoms with Gasteiger partial charge in [0.25, 0.3) is 0 Å². The third-order valence-corrected chi connectivity index (χ3v) is 6.01. The minimum Gasteiger partial charge on any atom is -0.0692 e. The van der Waals surface area contributed by atoms with Gasteiger partial charge in [0.2, 0.25) is 0 Å². The van der Waals surface area contributed by atoms with E-state index in [1.165, 1.54) is 40.7 Å². The molecule has 3 aliphatic carbocycles. The SMILES string of the molecule is CC(C)=C1C=CC(C2(C)CCC(C)(C)C3=CC(=C(C)C)C=C32)=C1. The van der Waals surface area contributed by atoms with Crippen LogP contribution in [0.5, 0.6) is 0 Å². The van der Waals surface area contributed by atoms with Gasteiger partial charge < -0.3 is 0 Å². The molecule has 0 amide bonds. The maximum Gasteiger partial charge on any atom is 0.0178 e. The highest BCUT2D eigenvalue weighted by Gasteiger charge is 2.45. The Labute approximate surface area is 142 Å². The van der Waals surface area contributed by atoms with Gasteiger partial charge in [0.15, 0.2) is 0 Å². The summed E-state index contributed by atoms with van der Waals surface area (Å²) >= 11 is 0. The summed E-state index contributed by atoms with van der Waals surface area (Å²) in [4.78, 5) is 0. The lowest BCUT2D eigenvalue weighted by atomic mass is 9.58. The first-order chi connectivity index (χ1) is 10.6. The van der Waals surface area contributed by atoms with E-state index >= 15 is 0 Å². The molecule has 1 unspecified atom stereocenters. The summed E-state index contributed by atoms with van der Waals surface area (Å²) in [5.74, 6) is 0. The summed E-state index contributed by atoms with van der Waals surface area (Å²) in [5, 5.41) is 0. The Morgan fingerprint density at radius 3 is 1.91 bits per heavy atom. The number of allylic oxidation sites excluding steroid dienone is 12. The Morgan fingerprint density at radius 2 is 1.35 bits per heavy atom. The molecule has 1 saturated carbocycles. The van der Waals surface area contributed by atoms with Crippen LogP contribution in [0.25, 0.3) is 0 Å². The highest BCUT2D eigenvalue weighted by Crippen LogP contribution is 2.58. The van der Waals surface area contributed by atoms with Crippen molar-refractivity contribution < 1.29 is 0 Å². The topological polar surface area (TPSA) is 0 Å². The number of hydrogen-bond donors (Lipinski definition) is 0. The normalized spacial score (nSPS) is 28.4. The van der Waals surface area contributed by atoms with Crippen LogP contribution < -0.4 is 0 Å². The van der Waals surface area contributed by atoms with Gasteiger partial charge in [-0.1, -0.05) is 62.3 Å². The molecule has 0 aromatic heterocycles. The van der Waals surface area contributed by atoms with Crippen LogP contribution in [0.1, 0.15) is 61.3 Å². The third-order valence-electron chi connectivity index (χ3n) is 6.01. The molecule has 0 bridgehead atoms. The van der Waals surface area contributed by atoms with Gasteiger partial charge in [-0.2, -0.15) is 0 Å². The van der Waals surface area contributed by atoms with Crippen molar-refractivity contribution in [3.63, 3.8) is 0 Å². The highest BCUT2D eigenvalue weighted by molar-refractivity contribution is 5.64. The van der Waals surface area contributed by atoms with Gasteiger partial charge in [-0.05, 0) is 73.8 Å². The molecule has 1 atom stereocenters. The van der Waals surface area contributed by atoms with Crippen LogP contribution in [0.3, 0.4) is 0 Å². The van der Waals surface area contributed by atoms with Crippen molar-refractivity contribution in [2.45, 2.75) is 61.3 Å². The molecule has 3 aliphatic rings. The van der Waals surface area contributed by atoms with Crippen LogP contribution in [0.15, 0.2) is 69.4 Å². The lowest BCUT2D eigenvalue weighted by Crippen LogP contribution is -2.33. The minimum absolute atomic E-state index is 0.145. The quantitative estimate of drug-likeness (QED) is 0.497. The van der Waals surface area contributed by atoms with E-state index in [0.29, 0.717) is 0 Å². The van der Waals surface area contributed by atoms with Crippen molar-refractivity contribution in [3.8, 4) is 0 Å². The van der Waals surface area contributed by atoms with Crippen LogP contribution in [0.2, 0.25) is 0 Å². The predicted octanol–water partition coefficient (Wildman–Crippen LogP) is 6.85. The predicted molar refractivity (Wildman–Crippen MR) is 101 cm³/mol. The van der Waals surface area contributed by atoms with Crippen molar-refractivity contribution in [3.05, 3.63) is 69.4 Å². The fourth-order valence-electron chi connectivity index (χ4n) is 4.04. The molecule has 122 valence electrons. The maximum atomic E-state index is 2.46. The Bertz CT molecular complexity index is 733. The van der Waals surface area contributed by atoms with E-state index in [1.807, 2.05) is 0 Å². The second-order valence-corrected chi connectivity index (χ2v) is 8.68. The fourth-order valence-corrected chi connectivity index (χ4v) is 4.04. The molecule has 0 N–H and O–H groups in total. The van der Waals surface area contributed by atoms with Crippen molar-refractivity contribution in [2.75, 3.05) is 0 Å². The van der Waals surface area contributed by atoms with Crippen LogP contribution in [0, 0.1) is 10.8 Å². The second kappa shape index (κ2) is 5.23. The molecule has 0 aromatic carbocycles. The number of hydrogen-bond acceptors (Lipinski definition) is 0. The first kappa shape index (κ1) is 16.3. The zero-order chi connectivity index (χ0) is 17.0. The smallest absolute Gasteiger partial charge is 0.0178 e. The van der Waals surface area contributed by atoms with Gasteiger partial charge in [0.1, 0.15) is 0 Å². The monoisotopic (exact) mass is 306 g/mol. The molecular weight excluding hydrogens is 276 g/mol. The van der Waals surface area contributed by atoms with E-state index in [1.54, 1.807) is 11.1 Å². The molecule has 0 aliphatic heterocycles. The molecule has 0 heteroatoms. The Kier molecular flexibility index (Phi) is 3.71. The molecule has 0 heterocycles. The zero-order valence-corrected chi connectivity index (χ0v) is 15.8. The molecule has 0 radical (unpaired) electrons. The summed E-state index contributed by atoms with van der Waals surface area (Å²) in [5.41, 5.74) is 10.6. The number of rotatable bonds is 1. The Balaban J connectivity index is 2.13. The van der Waals surface area contributed by atoms with E-state index in [0.717, 1.165) is 0 Å². The fraction of sp³-hybridized carbons (Fsp3) is 0.478. The van der Waals surface area contributed by atoms with Crippen LogP contribution in [-0.4, -0.2) is 0 Å². The molecular formula is C23H30. The van der Waals surface area contributed by atoms with Gasteiger partial charge in [-0.25, -0.2) is 0 Å². The zero-order valence-electron chi connectivity index (χ0n) is 15.8. The van der Waals surface area contributed by atoms with E-state index in [2.05, 4.69) is 78.8 Å². The molecule has 0 aromatic rings. The van der Waals surface area contributed by atoms with Crippen molar-refractivity contribution in [1.29, 1.82) is 0 Å². The molecule has 0 nitrogen and oxygen atoms in total. The first-order valence-corrected chi connectivity index (χ1v) is 8.85. The Morgan fingerprint density at radius 1 is 0.739 bits per heavy atom. The van der Waals surface area contributed by atoms with Gasteiger partial charge in [-0.15, -0.1) is 0 Å². The van der Waals surface area contributed by atoms with Gasteiger partial charge in [-0.3, -0.25) is 0 Å². The summed E-state index contributed by atoms with van der Waals surface area (Å²) in [7, 11) is 0. The molecule has 0 spiro atoms. The molecule has 0 saturated heterocycles. The van der Waals surface area contributed by atoms with E-state index in [-0.39, 0.29) is 10.8 Å². The van der Waals surface area contributed by atoms with Crippen LogP contribution in [-0.2, 0) is 0 Å². The summed E-state index contributed by atoms with van der Waals surface area (Å²) in [6.45, 7) is 16.1. The number of fused-ring (bicyclic) bond motifs is 1. The Hall–Kier alpha value is -1.56.